The van der Waals surface area contributed by atoms with E-state index in [9.17, 15) is 13.5 Å². The van der Waals surface area contributed by atoms with E-state index in [0.29, 0.717) is 0 Å². The molecule has 0 aliphatic heterocycles. The van der Waals surface area contributed by atoms with Gasteiger partial charge in [-0.1, -0.05) is 0 Å². The minimum absolute atomic E-state index is 0.0231. The van der Waals surface area contributed by atoms with E-state index in [4.69, 9.17) is 5.11 Å². The predicted molar refractivity (Wildman–Crippen MR) is 49.8 cm³/mol. The van der Waals surface area contributed by atoms with Gasteiger partial charge in [-0.2, -0.15) is 0 Å². The van der Waals surface area contributed by atoms with E-state index in [0.717, 1.165) is 4.31 Å². The predicted octanol–water partition coefficient (Wildman–Crippen LogP) is -0.989. The van der Waals surface area contributed by atoms with Crippen molar-refractivity contribution < 1.29 is 18.6 Å². The Balaban J connectivity index is 4.35. The highest BCUT2D eigenvalue weighted by Crippen LogP contribution is 2.07. The Morgan fingerprint density at radius 3 is 2.15 bits per heavy atom. The molecule has 0 amide bonds. The van der Waals surface area contributed by atoms with Gasteiger partial charge < -0.3 is 10.2 Å². The van der Waals surface area contributed by atoms with Crippen molar-refractivity contribution in [2.75, 3.05) is 26.0 Å². The van der Waals surface area contributed by atoms with Crippen LogP contribution in [0.2, 0.25) is 0 Å². The van der Waals surface area contributed by atoms with Crippen molar-refractivity contribution in [3.63, 3.8) is 0 Å². The number of aliphatic hydroxyl groups is 2. The molecule has 0 aromatic rings. The van der Waals surface area contributed by atoms with Crippen LogP contribution in [0, 0.1) is 0 Å². The molecule has 6 heteroatoms. The van der Waals surface area contributed by atoms with Crippen molar-refractivity contribution in [1.29, 1.82) is 0 Å². The molecule has 0 radical (unpaired) electrons. The highest BCUT2D eigenvalue weighted by molar-refractivity contribution is 7.89. The van der Waals surface area contributed by atoms with Crippen LogP contribution in [0.15, 0.2) is 0 Å². The zero-order chi connectivity index (χ0) is 10.7. The SMILES string of the molecule is CN(CC(C)(C)O)S(=O)(=O)CCO. The first kappa shape index (κ1) is 12.8. The molecule has 0 spiro atoms. The molecule has 13 heavy (non-hydrogen) atoms. The zero-order valence-corrected chi connectivity index (χ0v) is 9.00. The first-order chi connectivity index (χ1) is 5.69. The summed E-state index contributed by atoms with van der Waals surface area (Å²) in [5.41, 5.74) is -1.06. The molecule has 0 aromatic carbocycles. The lowest BCUT2D eigenvalue weighted by molar-refractivity contribution is 0.0639. The molecule has 0 bridgehead atoms. The van der Waals surface area contributed by atoms with Gasteiger partial charge in [0.2, 0.25) is 10.0 Å². The van der Waals surface area contributed by atoms with Crippen molar-refractivity contribution >= 4 is 10.0 Å². The van der Waals surface area contributed by atoms with Crippen molar-refractivity contribution in [1.82, 2.24) is 4.31 Å². The van der Waals surface area contributed by atoms with Crippen molar-refractivity contribution in [2.45, 2.75) is 19.4 Å². The Morgan fingerprint density at radius 1 is 1.38 bits per heavy atom. The lowest BCUT2D eigenvalue weighted by Gasteiger charge is -2.24. The second kappa shape index (κ2) is 4.36. The molecule has 0 atom stereocenters. The maximum Gasteiger partial charge on any atom is 0.216 e. The fourth-order valence-corrected chi connectivity index (χ4v) is 1.97. The summed E-state index contributed by atoms with van der Waals surface area (Å²) >= 11 is 0. The van der Waals surface area contributed by atoms with E-state index in [2.05, 4.69) is 0 Å². The van der Waals surface area contributed by atoms with Crippen LogP contribution in [0.4, 0.5) is 0 Å². The summed E-state index contributed by atoms with van der Waals surface area (Å²) in [4.78, 5) is 0. The monoisotopic (exact) mass is 211 g/mol. The van der Waals surface area contributed by atoms with Crippen LogP contribution in [0.5, 0.6) is 0 Å². The van der Waals surface area contributed by atoms with Gasteiger partial charge in [-0.25, -0.2) is 12.7 Å². The van der Waals surface area contributed by atoms with Gasteiger partial charge in [0.1, 0.15) is 0 Å². The van der Waals surface area contributed by atoms with Crippen LogP contribution in [0.3, 0.4) is 0 Å². The Morgan fingerprint density at radius 2 is 1.85 bits per heavy atom. The number of hydrogen-bond acceptors (Lipinski definition) is 4. The quantitative estimate of drug-likeness (QED) is 0.612. The number of nitrogens with zero attached hydrogens (tertiary/aromatic N) is 1. The van der Waals surface area contributed by atoms with Crippen LogP contribution < -0.4 is 0 Å². The van der Waals surface area contributed by atoms with Gasteiger partial charge in [0.05, 0.1) is 18.0 Å². The molecule has 2 N–H and O–H groups in total. The van der Waals surface area contributed by atoms with Gasteiger partial charge in [-0.15, -0.1) is 0 Å². The molecule has 5 nitrogen and oxygen atoms in total. The number of likely N-dealkylation sites (N-methyl/N-ethyl adjacent to an activating group) is 1. The second-order valence-corrected chi connectivity index (χ2v) is 5.80. The summed E-state index contributed by atoms with van der Waals surface area (Å²) < 4.78 is 23.6. The fraction of sp³-hybridized carbons (Fsp3) is 1.00. The molecule has 80 valence electrons. The smallest absolute Gasteiger partial charge is 0.216 e. The van der Waals surface area contributed by atoms with Crippen molar-refractivity contribution in [3.8, 4) is 0 Å². The summed E-state index contributed by atoms with van der Waals surface area (Å²) in [6.45, 7) is 2.67. The summed E-state index contributed by atoms with van der Waals surface area (Å²) in [6, 6.07) is 0. The van der Waals surface area contributed by atoms with Gasteiger partial charge in [-0.3, -0.25) is 0 Å². The Hall–Kier alpha value is -0.170. The molecule has 0 saturated heterocycles. The van der Waals surface area contributed by atoms with E-state index < -0.39 is 22.2 Å². The standard InChI is InChI=1S/C7H17NO4S/c1-7(2,10)6-8(3)13(11,12)5-4-9/h9-10H,4-6H2,1-3H3. The van der Waals surface area contributed by atoms with Crippen LogP contribution >= 0.6 is 0 Å². The highest BCUT2D eigenvalue weighted by atomic mass is 32.2. The second-order valence-electron chi connectivity index (χ2n) is 3.61. The maximum atomic E-state index is 11.3. The molecule has 0 aromatic heterocycles. The number of rotatable bonds is 5. The number of hydrogen-bond donors (Lipinski definition) is 2. The van der Waals surface area contributed by atoms with Crippen LogP contribution in [0.1, 0.15) is 13.8 Å². The maximum absolute atomic E-state index is 11.3. The van der Waals surface area contributed by atoms with E-state index in [1.165, 1.54) is 20.9 Å². The van der Waals surface area contributed by atoms with E-state index >= 15 is 0 Å². The third-order valence-corrected chi connectivity index (χ3v) is 3.21. The largest absolute Gasteiger partial charge is 0.395 e. The van der Waals surface area contributed by atoms with Gasteiger partial charge in [0.25, 0.3) is 0 Å². The van der Waals surface area contributed by atoms with E-state index in [1.807, 2.05) is 0 Å². The minimum atomic E-state index is -3.42. The minimum Gasteiger partial charge on any atom is -0.395 e. The highest BCUT2D eigenvalue weighted by Gasteiger charge is 2.23. The normalized spacial score (nSPS) is 13.7. The summed E-state index contributed by atoms with van der Waals surface area (Å²) in [5, 5.41) is 17.8. The molecular weight excluding hydrogens is 194 g/mol. The molecule has 0 heterocycles. The molecule has 0 saturated carbocycles. The van der Waals surface area contributed by atoms with Crippen LogP contribution in [-0.2, 0) is 10.0 Å². The fourth-order valence-electron chi connectivity index (χ4n) is 0.914. The summed E-state index contributed by atoms with van der Waals surface area (Å²) in [6.07, 6.45) is 0. The van der Waals surface area contributed by atoms with E-state index in [-0.39, 0.29) is 12.3 Å². The topological polar surface area (TPSA) is 77.8 Å². The summed E-state index contributed by atoms with van der Waals surface area (Å²) in [7, 11) is -2.04. The molecular formula is C7H17NO4S. The van der Waals surface area contributed by atoms with Crippen molar-refractivity contribution in [3.05, 3.63) is 0 Å². The summed E-state index contributed by atoms with van der Waals surface area (Å²) in [5.74, 6) is -0.306. The Kier molecular flexibility index (Phi) is 4.31. The zero-order valence-electron chi connectivity index (χ0n) is 8.19. The lowest BCUT2D eigenvalue weighted by Crippen LogP contribution is -2.41. The van der Waals surface area contributed by atoms with Crippen molar-refractivity contribution in [2.24, 2.45) is 0 Å². The average Bonchev–Trinajstić information content (AvgIpc) is 1.82. The molecule has 0 fully saturated rings. The number of aliphatic hydroxyl groups excluding tert-OH is 1. The Bertz CT molecular complexity index is 242. The molecule has 0 aliphatic carbocycles. The Labute approximate surface area is 79.0 Å². The average molecular weight is 211 g/mol. The van der Waals surface area contributed by atoms with Crippen LogP contribution in [-0.4, -0.2) is 54.5 Å². The van der Waals surface area contributed by atoms with Gasteiger partial charge in [0.15, 0.2) is 0 Å². The molecule has 0 aliphatic rings. The van der Waals surface area contributed by atoms with Crippen LogP contribution in [0.25, 0.3) is 0 Å². The molecule has 0 rings (SSSR count). The third kappa shape index (κ3) is 5.20. The van der Waals surface area contributed by atoms with Gasteiger partial charge >= 0.3 is 0 Å². The lowest BCUT2D eigenvalue weighted by atomic mass is 10.1. The first-order valence-corrected chi connectivity index (χ1v) is 5.57. The van der Waals surface area contributed by atoms with Gasteiger partial charge in [-0.05, 0) is 13.8 Å². The van der Waals surface area contributed by atoms with Gasteiger partial charge in [0, 0.05) is 13.6 Å². The van der Waals surface area contributed by atoms with E-state index in [1.54, 1.807) is 0 Å². The molecule has 0 unspecified atom stereocenters. The third-order valence-electron chi connectivity index (χ3n) is 1.43. The number of sulfonamides is 1. The first-order valence-electron chi connectivity index (χ1n) is 3.96.